The Morgan fingerprint density at radius 2 is 2.37 bits per heavy atom. The summed E-state index contributed by atoms with van der Waals surface area (Å²) in [5, 5.41) is 14.4. The summed E-state index contributed by atoms with van der Waals surface area (Å²) in [5.74, 6) is 1.45. The van der Waals surface area contributed by atoms with Gasteiger partial charge in [0, 0.05) is 12.6 Å². The Kier molecular flexibility index (Phi) is 6.18. The van der Waals surface area contributed by atoms with E-state index < -0.39 is 5.60 Å². The van der Waals surface area contributed by atoms with E-state index in [0.717, 1.165) is 5.76 Å². The number of amides is 1. The van der Waals surface area contributed by atoms with Crippen LogP contribution < -0.4 is 5.32 Å². The van der Waals surface area contributed by atoms with E-state index in [-0.39, 0.29) is 18.4 Å². The molecule has 1 amide bonds. The molecule has 0 saturated carbocycles. The molecule has 0 aliphatic carbocycles. The van der Waals surface area contributed by atoms with Gasteiger partial charge >= 0.3 is 0 Å². The van der Waals surface area contributed by atoms with Gasteiger partial charge < -0.3 is 14.8 Å². The van der Waals surface area contributed by atoms with Crippen molar-refractivity contribution in [2.75, 3.05) is 6.54 Å². The molecule has 19 heavy (non-hydrogen) atoms. The molecule has 106 valence electrons. The van der Waals surface area contributed by atoms with Gasteiger partial charge in [-0.2, -0.15) is 0 Å². The number of hydrogen-bond donors (Lipinski definition) is 2. The predicted octanol–water partition coefficient (Wildman–Crippen LogP) is 2.55. The summed E-state index contributed by atoms with van der Waals surface area (Å²) in [5.41, 5.74) is -0.884. The third kappa shape index (κ3) is 5.98. The summed E-state index contributed by atoms with van der Waals surface area (Å²) >= 11 is 1.48. The van der Waals surface area contributed by atoms with Crippen LogP contribution in [0.5, 0.6) is 0 Å². The average molecular weight is 283 g/mol. The Labute approximate surface area is 118 Å². The Morgan fingerprint density at radius 1 is 1.63 bits per heavy atom. The van der Waals surface area contributed by atoms with E-state index in [4.69, 9.17) is 4.42 Å². The van der Waals surface area contributed by atoms with Crippen LogP contribution in [0.3, 0.4) is 0 Å². The molecule has 1 unspecified atom stereocenters. The molecular formula is C14H21NO3S. The molecule has 0 aliphatic rings. The van der Waals surface area contributed by atoms with E-state index in [0.29, 0.717) is 5.75 Å². The lowest BCUT2D eigenvalue weighted by Crippen LogP contribution is -2.43. The largest absolute Gasteiger partial charge is 0.468 e. The van der Waals surface area contributed by atoms with Crippen molar-refractivity contribution in [1.82, 2.24) is 5.32 Å². The zero-order valence-corrected chi connectivity index (χ0v) is 12.4. The first-order valence-corrected chi connectivity index (χ1v) is 7.27. The maximum absolute atomic E-state index is 11.5. The fourth-order valence-corrected chi connectivity index (χ4v) is 1.81. The molecule has 1 aromatic rings. The SMILES string of the molecule is CC(C)C(C)(O)CNC(=O)C=CSCc1ccco1. The highest BCUT2D eigenvalue weighted by molar-refractivity contribution is 8.01. The highest BCUT2D eigenvalue weighted by Crippen LogP contribution is 2.15. The lowest BCUT2D eigenvalue weighted by Gasteiger charge is -2.27. The van der Waals surface area contributed by atoms with Crippen LogP contribution in [0.1, 0.15) is 26.5 Å². The summed E-state index contributed by atoms with van der Waals surface area (Å²) in [6, 6.07) is 3.72. The van der Waals surface area contributed by atoms with Crippen molar-refractivity contribution in [3.63, 3.8) is 0 Å². The molecule has 0 aliphatic heterocycles. The third-order valence-electron chi connectivity index (χ3n) is 2.99. The van der Waals surface area contributed by atoms with Gasteiger partial charge in [-0.1, -0.05) is 13.8 Å². The predicted molar refractivity (Wildman–Crippen MR) is 77.6 cm³/mol. The molecule has 5 heteroatoms. The van der Waals surface area contributed by atoms with E-state index in [9.17, 15) is 9.90 Å². The Hall–Kier alpha value is -1.20. The van der Waals surface area contributed by atoms with Gasteiger partial charge in [-0.05, 0) is 30.4 Å². The number of hydrogen-bond acceptors (Lipinski definition) is 4. The van der Waals surface area contributed by atoms with Crippen LogP contribution in [0.4, 0.5) is 0 Å². The summed E-state index contributed by atoms with van der Waals surface area (Å²) in [7, 11) is 0. The number of rotatable bonds is 7. The van der Waals surface area contributed by atoms with Crippen LogP contribution in [0.25, 0.3) is 0 Å². The molecule has 0 saturated heterocycles. The molecule has 2 N–H and O–H groups in total. The number of nitrogens with one attached hydrogen (secondary N) is 1. The Morgan fingerprint density at radius 3 is 2.95 bits per heavy atom. The van der Waals surface area contributed by atoms with Gasteiger partial charge in [0.05, 0.1) is 17.6 Å². The molecule has 1 atom stereocenters. The molecule has 1 heterocycles. The van der Waals surface area contributed by atoms with Crippen molar-refractivity contribution in [1.29, 1.82) is 0 Å². The van der Waals surface area contributed by atoms with Crippen LogP contribution in [-0.2, 0) is 10.5 Å². The van der Waals surface area contributed by atoms with E-state index >= 15 is 0 Å². The number of thioether (sulfide) groups is 1. The van der Waals surface area contributed by atoms with Crippen LogP contribution in [0.2, 0.25) is 0 Å². The van der Waals surface area contributed by atoms with Crippen molar-refractivity contribution in [2.45, 2.75) is 32.1 Å². The fraction of sp³-hybridized carbons (Fsp3) is 0.500. The lowest BCUT2D eigenvalue weighted by atomic mass is 9.92. The van der Waals surface area contributed by atoms with E-state index in [1.54, 1.807) is 18.6 Å². The van der Waals surface area contributed by atoms with E-state index in [1.165, 1.54) is 17.8 Å². The highest BCUT2D eigenvalue weighted by Gasteiger charge is 2.24. The zero-order valence-electron chi connectivity index (χ0n) is 11.6. The smallest absolute Gasteiger partial charge is 0.244 e. The lowest BCUT2D eigenvalue weighted by molar-refractivity contribution is -0.118. The summed E-state index contributed by atoms with van der Waals surface area (Å²) in [6.07, 6.45) is 3.09. The zero-order chi connectivity index (χ0) is 14.3. The molecule has 1 aromatic heterocycles. The van der Waals surface area contributed by atoms with Gasteiger partial charge in [0.1, 0.15) is 5.76 Å². The van der Waals surface area contributed by atoms with Crippen molar-refractivity contribution in [3.05, 3.63) is 35.6 Å². The molecule has 0 radical (unpaired) electrons. The normalized spacial score (nSPS) is 14.8. The van der Waals surface area contributed by atoms with Gasteiger partial charge in [0.15, 0.2) is 0 Å². The van der Waals surface area contributed by atoms with Crippen LogP contribution >= 0.6 is 11.8 Å². The van der Waals surface area contributed by atoms with Gasteiger partial charge in [0.25, 0.3) is 0 Å². The van der Waals surface area contributed by atoms with Crippen LogP contribution in [0.15, 0.2) is 34.3 Å². The summed E-state index contributed by atoms with van der Waals surface area (Å²) in [4.78, 5) is 11.5. The van der Waals surface area contributed by atoms with Crippen molar-refractivity contribution < 1.29 is 14.3 Å². The van der Waals surface area contributed by atoms with E-state index in [1.807, 2.05) is 26.0 Å². The quantitative estimate of drug-likeness (QED) is 0.755. The second-order valence-electron chi connectivity index (χ2n) is 4.92. The van der Waals surface area contributed by atoms with Crippen molar-refractivity contribution >= 4 is 17.7 Å². The molecule has 0 fully saturated rings. The van der Waals surface area contributed by atoms with Crippen molar-refractivity contribution in [3.8, 4) is 0 Å². The van der Waals surface area contributed by atoms with E-state index in [2.05, 4.69) is 5.32 Å². The van der Waals surface area contributed by atoms with Crippen molar-refractivity contribution in [2.24, 2.45) is 5.92 Å². The topological polar surface area (TPSA) is 62.5 Å². The second kappa shape index (κ2) is 7.40. The summed E-state index contributed by atoms with van der Waals surface area (Å²) < 4.78 is 5.17. The fourth-order valence-electron chi connectivity index (χ4n) is 1.16. The highest BCUT2D eigenvalue weighted by atomic mass is 32.2. The average Bonchev–Trinajstić information content (AvgIpc) is 2.85. The first-order valence-electron chi connectivity index (χ1n) is 6.22. The molecule has 0 spiro atoms. The van der Waals surface area contributed by atoms with Gasteiger partial charge in [-0.25, -0.2) is 0 Å². The van der Waals surface area contributed by atoms with Gasteiger partial charge in [-0.3, -0.25) is 4.79 Å². The first-order chi connectivity index (χ1) is 8.92. The first kappa shape index (κ1) is 15.9. The maximum Gasteiger partial charge on any atom is 0.244 e. The molecule has 0 aromatic carbocycles. The molecule has 0 bridgehead atoms. The number of carbonyl (C=O) groups is 1. The molecule has 4 nitrogen and oxygen atoms in total. The summed E-state index contributed by atoms with van der Waals surface area (Å²) in [6.45, 7) is 5.80. The van der Waals surface area contributed by atoms with Crippen LogP contribution in [0, 0.1) is 5.92 Å². The number of aliphatic hydroxyl groups is 1. The second-order valence-corrected chi connectivity index (χ2v) is 5.82. The Bertz CT molecular complexity index is 410. The third-order valence-corrected chi connectivity index (χ3v) is 3.77. The van der Waals surface area contributed by atoms with Gasteiger partial charge in [0.2, 0.25) is 5.91 Å². The number of carbonyl (C=O) groups excluding carboxylic acids is 1. The van der Waals surface area contributed by atoms with Gasteiger partial charge in [-0.15, -0.1) is 11.8 Å². The van der Waals surface area contributed by atoms with Crippen LogP contribution in [-0.4, -0.2) is 23.2 Å². The molecule has 1 rings (SSSR count). The minimum Gasteiger partial charge on any atom is -0.468 e. The Balaban J connectivity index is 2.24. The maximum atomic E-state index is 11.5. The molecular weight excluding hydrogens is 262 g/mol. The minimum absolute atomic E-state index is 0.0881. The number of furan rings is 1. The minimum atomic E-state index is -0.884. The standard InChI is InChI=1S/C14H21NO3S/c1-11(2)14(3,17)10-15-13(16)6-8-19-9-12-5-4-7-18-12/h4-8,11,17H,9-10H2,1-3H3,(H,15,16). The monoisotopic (exact) mass is 283 g/mol.